The highest BCUT2D eigenvalue weighted by atomic mass is 32.2. The topological polar surface area (TPSA) is 89.7 Å². The van der Waals surface area contributed by atoms with Crippen molar-refractivity contribution < 1.29 is 22.3 Å². The van der Waals surface area contributed by atoms with Gasteiger partial charge in [-0.25, -0.2) is 12.8 Å². The number of amides is 1. The molecule has 24 heavy (non-hydrogen) atoms. The van der Waals surface area contributed by atoms with Gasteiger partial charge in [-0.3, -0.25) is 4.79 Å². The van der Waals surface area contributed by atoms with E-state index in [1.807, 2.05) is 0 Å². The first-order chi connectivity index (χ1) is 11.2. The molecule has 1 aliphatic rings. The third kappa shape index (κ3) is 3.60. The Labute approximate surface area is 141 Å². The first kappa shape index (κ1) is 18.8. The summed E-state index contributed by atoms with van der Waals surface area (Å²) in [5, 5.41) is 0. The third-order valence-electron chi connectivity index (χ3n) is 4.62. The van der Waals surface area contributed by atoms with Crippen LogP contribution in [0.15, 0.2) is 23.1 Å². The normalized spacial score (nSPS) is 22.5. The molecule has 1 aromatic rings. The lowest BCUT2D eigenvalue weighted by molar-refractivity contribution is -0.131. The maximum atomic E-state index is 13.5. The molecule has 0 spiro atoms. The van der Waals surface area contributed by atoms with E-state index >= 15 is 0 Å². The molecule has 1 atom stereocenters. The maximum absolute atomic E-state index is 13.5. The highest BCUT2D eigenvalue weighted by Gasteiger charge is 2.44. The first-order valence-electron chi connectivity index (χ1n) is 7.78. The van der Waals surface area contributed by atoms with E-state index in [1.54, 1.807) is 6.92 Å². The van der Waals surface area contributed by atoms with Crippen molar-refractivity contribution in [2.24, 2.45) is 11.1 Å². The summed E-state index contributed by atoms with van der Waals surface area (Å²) in [5.41, 5.74) is 5.07. The largest absolute Gasteiger partial charge is 0.385 e. The van der Waals surface area contributed by atoms with Gasteiger partial charge in [0.25, 0.3) is 0 Å². The summed E-state index contributed by atoms with van der Waals surface area (Å²) in [4.78, 5) is 11.9. The van der Waals surface area contributed by atoms with Crippen LogP contribution in [0.5, 0.6) is 0 Å². The zero-order valence-corrected chi connectivity index (χ0v) is 14.7. The van der Waals surface area contributed by atoms with Crippen LogP contribution < -0.4 is 5.73 Å². The van der Waals surface area contributed by atoms with Crippen molar-refractivity contribution in [1.82, 2.24) is 4.31 Å². The van der Waals surface area contributed by atoms with E-state index in [1.165, 1.54) is 23.5 Å². The molecule has 2 rings (SSSR count). The minimum atomic E-state index is -3.90. The van der Waals surface area contributed by atoms with Crippen LogP contribution in [0.4, 0.5) is 4.39 Å². The molecular weight excluding hydrogens is 335 g/mol. The summed E-state index contributed by atoms with van der Waals surface area (Å²) < 4.78 is 45.6. The Morgan fingerprint density at radius 1 is 1.46 bits per heavy atom. The van der Waals surface area contributed by atoms with Gasteiger partial charge in [0, 0.05) is 26.8 Å². The van der Waals surface area contributed by atoms with E-state index < -0.39 is 27.2 Å². The van der Waals surface area contributed by atoms with Crippen molar-refractivity contribution in [2.45, 2.75) is 31.1 Å². The predicted octanol–water partition coefficient (Wildman–Crippen LogP) is 1.43. The lowest BCUT2D eigenvalue weighted by atomic mass is 9.77. The molecule has 1 aromatic carbocycles. The fourth-order valence-electron chi connectivity index (χ4n) is 3.11. The number of carbonyl (C=O) groups excluding carboxylic acids is 1. The number of carbonyl (C=O) groups is 1. The summed E-state index contributed by atoms with van der Waals surface area (Å²) in [6, 6.07) is 3.66. The second-order valence-electron chi connectivity index (χ2n) is 6.24. The van der Waals surface area contributed by atoms with Gasteiger partial charge < -0.3 is 10.5 Å². The zero-order valence-electron chi connectivity index (χ0n) is 13.9. The van der Waals surface area contributed by atoms with Gasteiger partial charge in [0.15, 0.2) is 0 Å². The van der Waals surface area contributed by atoms with Gasteiger partial charge in [-0.05, 0) is 43.9 Å². The Balaban J connectivity index is 2.36. The van der Waals surface area contributed by atoms with Crippen LogP contribution >= 0.6 is 0 Å². The second kappa shape index (κ2) is 7.16. The summed E-state index contributed by atoms with van der Waals surface area (Å²) >= 11 is 0. The van der Waals surface area contributed by atoms with Gasteiger partial charge in [0.1, 0.15) is 5.82 Å². The smallest absolute Gasteiger partial charge is 0.243 e. The van der Waals surface area contributed by atoms with Crippen LogP contribution in [0, 0.1) is 18.2 Å². The fraction of sp³-hybridized carbons (Fsp3) is 0.562. The number of primary amides is 1. The highest BCUT2D eigenvalue weighted by Crippen LogP contribution is 2.36. The quantitative estimate of drug-likeness (QED) is 0.833. The number of aryl methyl sites for hydroxylation is 1. The lowest BCUT2D eigenvalue weighted by Crippen LogP contribution is -2.52. The number of benzene rings is 1. The van der Waals surface area contributed by atoms with Gasteiger partial charge >= 0.3 is 0 Å². The van der Waals surface area contributed by atoms with Crippen molar-refractivity contribution in [3.8, 4) is 0 Å². The SMILES string of the molecule is COCCC1(C(N)=O)CCCN(S(=O)(=O)c2cc(F)ccc2C)C1. The summed E-state index contributed by atoms with van der Waals surface area (Å²) in [7, 11) is -2.38. The average molecular weight is 358 g/mol. The summed E-state index contributed by atoms with van der Waals surface area (Å²) in [6.07, 6.45) is 1.38. The first-order valence-corrected chi connectivity index (χ1v) is 9.22. The molecule has 0 radical (unpaired) electrons. The van der Waals surface area contributed by atoms with Crippen LogP contribution in [-0.4, -0.2) is 45.4 Å². The van der Waals surface area contributed by atoms with Crippen LogP contribution in [0.1, 0.15) is 24.8 Å². The number of nitrogens with two attached hydrogens (primary N) is 1. The highest BCUT2D eigenvalue weighted by molar-refractivity contribution is 7.89. The standard InChI is InChI=1S/C16H23FN2O4S/c1-12-4-5-13(17)10-14(12)24(21,22)19-8-3-6-16(11-19,15(18)20)7-9-23-2/h4-5,10H,3,6-9,11H2,1-2H3,(H2,18,20). The number of methoxy groups -OCH3 is 1. The Hall–Kier alpha value is -1.51. The van der Waals surface area contributed by atoms with E-state index in [4.69, 9.17) is 10.5 Å². The van der Waals surface area contributed by atoms with Gasteiger partial charge in [-0.1, -0.05) is 6.07 Å². The number of rotatable bonds is 6. The van der Waals surface area contributed by atoms with E-state index in [0.717, 1.165) is 6.07 Å². The molecule has 0 aromatic heterocycles. The molecule has 1 heterocycles. The summed E-state index contributed by atoms with van der Waals surface area (Å²) in [5.74, 6) is -1.15. The monoisotopic (exact) mass is 358 g/mol. The van der Waals surface area contributed by atoms with Crippen molar-refractivity contribution >= 4 is 15.9 Å². The molecular formula is C16H23FN2O4S. The molecule has 2 N–H and O–H groups in total. The zero-order chi connectivity index (χ0) is 18.0. The third-order valence-corrected chi connectivity index (χ3v) is 6.60. The van der Waals surface area contributed by atoms with E-state index in [9.17, 15) is 17.6 Å². The summed E-state index contributed by atoms with van der Waals surface area (Å²) in [6.45, 7) is 2.20. The molecule has 1 fully saturated rings. The number of ether oxygens (including phenoxy) is 1. The van der Waals surface area contributed by atoms with Crippen LogP contribution in [0.3, 0.4) is 0 Å². The number of hydrogen-bond donors (Lipinski definition) is 1. The minimum absolute atomic E-state index is 0.00994. The molecule has 0 saturated carbocycles. The van der Waals surface area contributed by atoms with E-state index in [0.29, 0.717) is 31.4 Å². The molecule has 8 heteroatoms. The van der Waals surface area contributed by atoms with Crippen molar-refractivity contribution in [3.63, 3.8) is 0 Å². The molecule has 0 aliphatic carbocycles. The average Bonchev–Trinajstić information content (AvgIpc) is 2.55. The fourth-order valence-corrected chi connectivity index (χ4v) is 4.91. The lowest BCUT2D eigenvalue weighted by Gasteiger charge is -2.40. The van der Waals surface area contributed by atoms with Gasteiger partial charge in [0.05, 0.1) is 10.3 Å². The Bertz CT molecular complexity index is 723. The Kier molecular flexibility index (Phi) is 5.62. The van der Waals surface area contributed by atoms with E-state index in [-0.39, 0.29) is 18.0 Å². The number of halogens is 1. The molecule has 1 unspecified atom stereocenters. The van der Waals surface area contributed by atoms with E-state index in [2.05, 4.69) is 0 Å². The number of nitrogens with zero attached hydrogens (tertiary/aromatic N) is 1. The number of piperidine rings is 1. The van der Waals surface area contributed by atoms with Gasteiger partial charge in [-0.15, -0.1) is 0 Å². The minimum Gasteiger partial charge on any atom is -0.385 e. The van der Waals surface area contributed by atoms with Crippen molar-refractivity contribution in [3.05, 3.63) is 29.6 Å². The van der Waals surface area contributed by atoms with Crippen LogP contribution in [0.2, 0.25) is 0 Å². The second-order valence-corrected chi connectivity index (χ2v) is 8.15. The Morgan fingerprint density at radius 2 is 2.17 bits per heavy atom. The van der Waals surface area contributed by atoms with Gasteiger partial charge in [0.2, 0.25) is 15.9 Å². The number of hydrogen-bond acceptors (Lipinski definition) is 4. The van der Waals surface area contributed by atoms with Crippen LogP contribution in [0.25, 0.3) is 0 Å². The molecule has 134 valence electrons. The predicted molar refractivity (Wildman–Crippen MR) is 87.3 cm³/mol. The molecule has 1 aliphatic heterocycles. The Morgan fingerprint density at radius 3 is 2.79 bits per heavy atom. The molecule has 0 bridgehead atoms. The van der Waals surface area contributed by atoms with Crippen LogP contribution in [-0.2, 0) is 19.6 Å². The maximum Gasteiger partial charge on any atom is 0.243 e. The molecule has 1 saturated heterocycles. The molecule has 6 nitrogen and oxygen atoms in total. The molecule has 1 amide bonds. The van der Waals surface area contributed by atoms with Gasteiger partial charge in [-0.2, -0.15) is 4.31 Å². The van der Waals surface area contributed by atoms with Crippen molar-refractivity contribution in [2.75, 3.05) is 26.8 Å². The number of sulfonamides is 1. The van der Waals surface area contributed by atoms with Crippen molar-refractivity contribution in [1.29, 1.82) is 0 Å².